The van der Waals surface area contributed by atoms with E-state index in [1.54, 1.807) is 78.9 Å². The summed E-state index contributed by atoms with van der Waals surface area (Å²) in [5, 5.41) is 11.4. The lowest BCUT2D eigenvalue weighted by molar-refractivity contribution is -0.384. The molecule has 0 aliphatic heterocycles. The van der Waals surface area contributed by atoms with Gasteiger partial charge in [0.15, 0.2) is 23.1 Å². The Labute approximate surface area is 225 Å². The third-order valence-electron chi connectivity index (χ3n) is 7.01. The number of allylic oxidation sites excluding steroid dienone is 1. The Kier molecular flexibility index (Phi) is 7.06. The Hall–Kier alpha value is -5.04. The van der Waals surface area contributed by atoms with Gasteiger partial charge in [-0.25, -0.2) is 0 Å². The molecule has 0 aromatic heterocycles. The molecule has 2 atom stereocenters. The number of carbonyl (C=O) groups excluding carboxylic acids is 2. The van der Waals surface area contributed by atoms with Crippen LogP contribution in [0.25, 0.3) is 6.08 Å². The number of hydrogen-bond donors (Lipinski definition) is 0. The van der Waals surface area contributed by atoms with Crippen LogP contribution >= 0.6 is 0 Å². The molecule has 39 heavy (non-hydrogen) atoms. The summed E-state index contributed by atoms with van der Waals surface area (Å²) >= 11 is 0. The molecule has 0 bridgehead atoms. The van der Waals surface area contributed by atoms with Crippen molar-refractivity contribution in [3.8, 4) is 11.5 Å². The SMILES string of the molecule is COc1cc2c(cc1OC)[C@@H](C(=O)c1ccccc1)[C@H](c1ccc([N+](=O)[O-])cc1)C(C(=O)c1ccccc1)=C2. The van der Waals surface area contributed by atoms with Crippen LogP contribution in [0, 0.1) is 10.1 Å². The highest BCUT2D eigenvalue weighted by atomic mass is 16.6. The highest BCUT2D eigenvalue weighted by Gasteiger charge is 2.41. The van der Waals surface area contributed by atoms with E-state index in [1.807, 2.05) is 12.1 Å². The minimum atomic E-state index is -0.809. The molecule has 0 saturated carbocycles. The van der Waals surface area contributed by atoms with E-state index in [1.165, 1.54) is 26.4 Å². The van der Waals surface area contributed by atoms with Crippen molar-refractivity contribution < 1.29 is 24.0 Å². The molecule has 0 unspecified atom stereocenters. The third kappa shape index (κ3) is 4.82. The number of ketones is 2. The second-order valence-electron chi connectivity index (χ2n) is 9.17. The minimum Gasteiger partial charge on any atom is -0.493 e. The maximum Gasteiger partial charge on any atom is 0.269 e. The Morgan fingerprint density at radius 3 is 1.90 bits per heavy atom. The van der Waals surface area contributed by atoms with E-state index < -0.39 is 16.8 Å². The van der Waals surface area contributed by atoms with Crippen LogP contribution in [-0.2, 0) is 0 Å². The van der Waals surface area contributed by atoms with E-state index in [4.69, 9.17) is 9.47 Å². The minimum absolute atomic E-state index is 0.0767. The van der Waals surface area contributed by atoms with Crippen LogP contribution in [0.4, 0.5) is 5.69 Å². The molecule has 4 aromatic rings. The molecule has 7 nitrogen and oxygen atoms in total. The lowest BCUT2D eigenvalue weighted by atomic mass is 9.67. The largest absolute Gasteiger partial charge is 0.493 e. The fourth-order valence-electron chi connectivity index (χ4n) is 5.13. The van der Waals surface area contributed by atoms with Crippen molar-refractivity contribution in [1.82, 2.24) is 0 Å². The molecule has 0 fully saturated rings. The first kappa shape index (κ1) is 25.6. The van der Waals surface area contributed by atoms with Crippen molar-refractivity contribution in [2.24, 2.45) is 0 Å². The number of benzene rings is 4. The molecule has 5 rings (SSSR count). The summed E-state index contributed by atoms with van der Waals surface area (Å²) in [5.41, 5.74) is 3.25. The summed E-state index contributed by atoms with van der Waals surface area (Å²) in [6.07, 6.45) is 1.79. The zero-order chi connectivity index (χ0) is 27.5. The molecular formula is C32H25NO6. The maximum atomic E-state index is 14.3. The summed E-state index contributed by atoms with van der Waals surface area (Å²) < 4.78 is 11.1. The van der Waals surface area contributed by atoms with Crippen LogP contribution in [0.3, 0.4) is 0 Å². The number of nitrogens with zero attached hydrogens (tertiary/aromatic N) is 1. The van der Waals surface area contributed by atoms with Gasteiger partial charge in [0.1, 0.15) is 0 Å². The van der Waals surface area contributed by atoms with Crippen molar-refractivity contribution in [3.63, 3.8) is 0 Å². The summed E-state index contributed by atoms with van der Waals surface area (Å²) in [7, 11) is 3.05. The number of rotatable bonds is 8. The maximum absolute atomic E-state index is 14.3. The number of Topliss-reactive ketones (excluding diaryl/α,β-unsaturated/α-hetero) is 2. The molecule has 0 amide bonds. The average molecular weight is 520 g/mol. The number of hydrogen-bond acceptors (Lipinski definition) is 6. The van der Waals surface area contributed by atoms with E-state index in [2.05, 4.69) is 0 Å². The van der Waals surface area contributed by atoms with Crippen LogP contribution in [0.2, 0.25) is 0 Å². The first-order valence-corrected chi connectivity index (χ1v) is 12.3. The van der Waals surface area contributed by atoms with E-state index in [0.717, 1.165) is 0 Å². The number of non-ortho nitro benzene ring substituents is 1. The molecular weight excluding hydrogens is 494 g/mol. The molecule has 4 aromatic carbocycles. The molecule has 7 heteroatoms. The fourth-order valence-corrected chi connectivity index (χ4v) is 5.13. The molecule has 1 aliphatic carbocycles. The van der Waals surface area contributed by atoms with E-state index in [-0.39, 0.29) is 17.3 Å². The van der Waals surface area contributed by atoms with Gasteiger partial charge in [-0.1, -0.05) is 72.8 Å². The van der Waals surface area contributed by atoms with Crippen LogP contribution in [0.1, 0.15) is 49.2 Å². The summed E-state index contributed by atoms with van der Waals surface area (Å²) in [6, 6.07) is 27.3. The van der Waals surface area contributed by atoms with Gasteiger partial charge in [-0.3, -0.25) is 19.7 Å². The fraction of sp³-hybridized carbons (Fsp3) is 0.125. The predicted molar refractivity (Wildman–Crippen MR) is 148 cm³/mol. The molecule has 0 N–H and O–H groups in total. The summed E-state index contributed by atoms with van der Waals surface area (Å²) in [6.45, 7) is 0. The van der Waals surface area contributed by atoms with Gasteiger partial charge >= 0.3 is 0 Å². The van der Waals surface area contributed by atoms with Crippen LogP contribution in [0.15, 0.2) is 103 Å². The lowest BCUT2D eigenvalue weighted by Gasteiger charge is -2.34. The standard InChI is InChI=1S/C32H25NO6/c1-38-27-18-23-17-26(31(34)21-9-5-3-6-10-21)29(20-13-15-24(16-14-20)33(36)37)30(25(23)19-28(27)39-2)32(35)22-11-7-4-8-12-22/h3-19,29-30H,1-2H3/t29-,30-/m1/s1. The van der Waals surface area contributed by atoms with Crippen molar-refractivity contribution in [2.75, 3.05) is 14.2 Å². The van der Waals surface area contributed by atoms with Crippen LogP contribution in [0.5, 0.6) is 11.5 Å². The van der Waals surface area contributed by atoms with Crippen molar-refractivity contribution in [3.05, 3.63) is 141 Å². The molecule has 0 saturated heterocycles. The molecule has 1 aliphatic rings. The predicted octanol–water partition coefficient (Wildman–Crippen LogP) is 6.64. The van der Waals surface area contributed by atoms with E-state index in [0.29, 0.717) is 44.9 Å². The van der Waals surface area contributed by atoms with Crippen molar-refractivity contribution >= 4 is 23.3 Å². The van der Waals surface area contributed by atoms with Gasteiger partial charge < -0.3 is 9.47 Å². The first-order chi connectivity index (χ1) is 18.9. The Morgan fingerprint density at radius 1 is 0.769 bits per heavy atom. The molecule has 194 valence electrons. The highest BCUT2D eigenvalue weighted by molar-refractivity contribution is 6.15. The zero-order valence-electron chi connectivity index (χ0n) is 21.4. The van der Waals surface area contributed by atoms with Crippen LogP contribution in [-0.4, -0.2) is 30.7 Å². The van der Waals surface area contributed by atoms with E-state index in [9.17, 15) is 19.7 Å². The first-order valence-electron chi connectivity index (χ1n) is 12.3. The summed E-state index contributed by atoms with van der Waals surface area (Å²) in [5.74, 6) is -1.01. The number of nitro groups is 1. The van der Waals surface area contributed by atoms with Gasteiger partial charge in [-0.15, -0.1) is 0 Å². The Balaban J connectivity index is 1.79. The Morgan fingerprint density at radius 2 is 1.33 bits per heavy atom. The van der Waals surface area contributed by atoms with Crippen molar-refractivity contribution in [2.45, 2.75) is 11.8 Å². The quantitative estimate of drug-likeness (QED) is 0.147. The van der Waals surface area contributed by atoms with Crippen LogP contribution < -0.4 is 9.47 Å². The van der Waals surface area contributed by atoms with Gasteiger partial charge in [-0.05, 0) is 34.9 Å². The van der Waals surface area contributed by atoms with E-state index >= 15 is 0 Å². The number of nitro benzene ring substituents is 1. The monoisotopic (exact) mass is 519 g/mol. The van der Waals surface area contributed by atoms with Crippen molar-refractivity contribution in [1.29, 1.82) is 0 Å². The van der Waals surface area contributed by atoms with Gasteiger partial charge in [0.05, 0.1) is 25.1 Å². The lowest BCUT2D eigenvalue weighted by Crippen LogP contribution is -2.28. The average Bonchev–Trinajstić information content (AvgIpc) is 2.99. The zero-order valence-corrected chi connectivity index (χ0v) is 21.4. The van der Waals surface area contributed by atoms with Gasteiger partial charge in [0, 0.05) is 34.8 Å². The molecule has 0 spiro atoms. The second-order valence-corrected chi connectivity index (χ2v) is 9.17. The smallest absolute Gasteiger partial charge is 0.269 e. The second kappa shape index (κ2) is 10.8. The third-order valence-corrected chi connectivity index (χ3v) is 7.01. The summed E-state index contributed by atoms with van der Waals surface area (Å²) in [4.78, 5) is 39.2. The topological polar surface area (TPSA) is 95.7 Å². The number of fused-ring (bicyclic) bond motifs is 1. The van der Waals surface area contributed by atoms with Gasteiger partial charge in [0.25, 0.3) is 5.69 Å². The number of carbonyl (C=O) groups is 2. The Bertz CT molecular complexity index is 1580. The number of methoxy groups -OCH3 is 2. The molecule has 0 heterocycles. The van der Waals surface area contributed by atoms with Gasteiger partial charge in [-0.2, -0.15) is 0 Å². The normalized spacial score (nSPS) is 16.0. The molecule has 0 radical (unpaired) electrons. The highest BCUT2D eigenvalue weighted by Crippen LogP contribution is 2.49. The number of ether oxygens (including phenoxy) is 2. The van der Waals surface area contributed by atoms with Gasteiger partial charge in [0.2, 0.25) is 0 Å².